The summed E-state index contributed by atoms with van der Waals surface area (Å²) < 4.78 is 5.47. The zero-order chi connectivity index (χ0) is 21.8. The van der Waals surface area contributed by atoms with Crippen molar-refractivity contribution >= 4 is 18.0 Å². The van der Waals surface area contributed by atoms with E-state index in [1.165, 1.54) is 4.90 Å². The number of rotatable bonds is 6. The van der Waals surface area contributed by atoms with Crippen molar-refractivity contribution in [1.29, 1.82) is 0 Å². The fraction of sp³-hybridized carbons (Fsp3) is 0.455. The molecule has 2 amide bonds. The summed E-state index contributed by atoms with van der Waals surface area (Å²) in [6.45, 7) is 3.71. The van der Waals surface area contributed by atoms with Crippen LogP contribution in [0, 0.1) is 11.3 Å². The van der Waals surface area contributed by atoms with E-state index in [2.05, 4.69) is 9.97 Å². The number of carbonyl (C=O) groups is 3. The first kappa shape index (κ1) is 18.4. The molecule has 6 rings (SSSR count). The van der Waals surface area contributed by atoms with Crippen LogP contribution in [0.1, 0.15) is 37.6 Å². The Morgan fingerprint density at radius 2 is 2.00 bits per heavy atom. The molecule has 1 unspecified atom stereocenters. The Balaban J connectivity index is 1.54. The zero-order valence-electron chi connectivity index (χ0n) is 17.1. The van der Waals surface area contributed by atoms with E-state index in [0.717, 1.165) is 11.3 Å². The van der Waals surface area contributed by atoms with Gasteiger partial charge >= 0.3 is 12.1 Å². The second kappa shape index (κ2) is 5.46. The first-order valence-corrected chi connectivity index (χ1v) is 10.4. The number of ether oxygens (including phenoxy) is 1. The number of cyclic esters (lactones) is 1. The van der Waals surface area contributed by atoms with Crippen LogP contribution >= 0.6 is 0 Å². The second-order valence-corrected chi connectivity index (χ2v) is 9.20. The largest absolute Gasteiger partial charge is 0.480 e. The molecular formula is C22H22N4O5. The summed E-state index contributed by atoms with van der Waals surface area (Å²) in [5.41, 5.74) is -0.925. The average Bonchev–Trinajstić information content (AvgIpc) is 3.27. The van der Waals surface area contributed by atoms with Crippen LogP contribution in [0.4, 0.5) is 4.79 Å². The lowest BCUT2D eigenvalue weighted by Crippen LogP contribution is -2.75. The molecule has 160 valence electrons. The van der Waals surface area contributed by atoms with Crippen LogP contribution < -0.4 is 0 Å². The van der Waals surface area contributed by atoms with Crippen molar-refractivity contribution in [2.75, 3.05) is 6.61 Å². The van der Waals surface area contributed by atoms with Gasteiger partial charge in [0, 0.05) is 11.9 Å². The first-order chi connectivity index (χ1) is 14.9. The number of hydrogen-bond donors (Lipinski definition) is 2. The SMILES string of the molecule is CC(C)[C@@H](C(=O)O)N1C(=O)[C@@]23CC2(c2cnc[nH]2)[C@]13N1C(=O)OC[C@H]1c1ccccc1. The van der Waals surface area contributed by atoms with Crippen LogP contribution in [0.5, 0.6) is 0 Å². The minimum atomic E-state index is -1.08. The summed E-state index contributed by atoms with van der Waals surface area (Å²) in [5, 5.41) is 10.0. The third-order valence-electron chi connectivity index (χ3n) is 7.72. The van der Waals surface area contributed by atoms with Crippen molar-refractivity contribution in [3.63, 3.8) is 0 Å². The summed E-state index contributed by atoms with van der Waals surface area (Å²) in [6.07, 6.45) is 3.26. The van der Waals surface area contributed by atoms with E-state index in [0.29, 0.717) is 6.42 Å². The Morgan fingerprint density at radius 1 is 1.26 bits per heavy atom. The number of carboxylic acid groups (broad SMARTS) is 1. The van der Waals surface area contributed by atoms with Crippen LogP contribution in [-0.2, 0) is 19.7 Å². The lowest BCUT2D eigenvalue weighted by molar-refractivity contribution is -0.189. The third-order valence-corrected chi connectivity index (χ3v) is 7.72. The summed E-state index contributed by atoms with van der Waals surface area (Å²) in [6, 6.07) is 8.05. The number of amides is 2. The number of H-pyrrole nitrogens is 1. The summed E-state index contributed by atoms with van der Waals surface area (Å²) >= 11 is 0. The number of nitrogens with one attached hydrogen (secondary N) is 1. The number of carbonyl (C=O) groups excluding carboxylic acids is 2. The predicted molar refractivity (Wildman–Crippen MR) is 106 cm³/mol. The Kier molecular flexibility index (Phi) is 3.24. The quantitative estimate of drug-likeness (QED) is 0.687. The van der Waals surface area contributed by atoms with E-state index in [-0.39, 0.29) is 18.4 Å². The predicted octanol–water partition coefficient (Wildman–Crippen LogP) is 1.89. The number of imidazole rings is 1. The van der Waals surface area contributed by atoms with Crippen molar-refractivity contribution in [1.82, 2.24) is 19.8 Å². The Bertz CT molecular complexity index is 1120. The average molecular weight is 422 g/mol. The van der Waals surface area contributed by atoms with Gasteiger partial charge in [-0.05, 0) is 17.9 Å². The van der Waals surface area contributed by atoms with Crippen LogP contribution in [0.3, 0.4) is 0 Å². The molecule has 2 N–H and O–H groups in total. The van der Waals surface area contributed by atoms with Gasteiger partial charge in [0.25, 0.3) is 0 Å². The maximum Gasteiger partial charge on any atom is 0.412 e. The lowest BCUT2D eigenvalue weighted by atomic mass is 9.83. The van der Waals surface area contributed by atoms with Gasteiger partial charge in [-0.3, -0.25) is 9.69 Å². The molecule has 2 aliphatic heterocycles. The summed E-state index contributed by atoms with van der Waals surface area (Å²) in [5.74, 6) is -1.62. The van der Waals surface area contributed by atoms with Gasteiger partial charge < -0.3 is 19.7 Å². The highest BCUT2D eigenvalue weighted by Gasteiger charge is 3.16. The molecule has 4 aliphatic rings. The number of aromatic nitrogens is 2. The number of likely N-dealkylation sites (tertiary alicyclic amines) is 1. The second-order valence-electron chi connectivity index (χ2n) is 9.20. The van der Waals surface area contributed by atoms with E-state index >= 15 is 0 Å². The molecule has 1 spiro atoms. The smallest absolute Gasteiger partial charge is 0.412 e. The standard InChI is InChI=1S/C22H22N4O5/c1-12(2)16(17(27)28)26-18(29)21-10-20(21,15-8-23-11-24-15)22(21,26)25-14(9-31-19(25)30)13-6-4-3-5-7-13/h3-8,11-12,14,16H,9-10H2,1-2H3,(H,23,24)(H,27,28)/t14-,16-,20?,21-,22-/m0/s1. The van der Waals surface area contributed by atoms with Gasteiger partial charge in [0.2, 0.25) is 5.91 Å². The molecule has 2 saturated carbocycles. The highest BCUT2D eigenvalue weighted by molar-refractivity contribution is 6.11. The Labute approximate surface area is 178 Å². The Morgan fingerprint density at radius 3 is 2.61 bits per heavy atom. The van der Waals surface area contributed by atoms with Gasteiger partial charge in [-0.2, -0.15) is 0 Å². The minimum Gasteiger partial charge on any atom is -0.480 e. The number of fused-ring (bicyclic) bond motifs is 1. The topological polar surface area (TPSA) is 116 Å². The number of β-lactam (4-membered cyclic amide) rings is 1. The molecule has 2 aromatic rings. The maximum atomic E-state index is 13.5. The molecule has 4 fully saturated rings. The normalized spacial score (nSPS) is 35.9. The molecule has 9 heteroatoms. The highest BCUT2D eigenvalue weighted by Crippen LogP contribution is 3.00. The molecule has 5 atom stereocenters. The van der Waals surface area contributed by atoms with Crippen LogP contribution in [0.25, 0.3) is 0 Å². The molecule has 2 saturated heterocycles. The fourth-order valence-corrected chi connectivity index (χ4v) is 6.52. The van der Waals surface area contributed by atoms with Crippen LogP contribution in [0.15, 0.2) is 42.9 Å². The lowest BCUT2D eigenvalue weighted by Gasteiger charge is -2.56. The first-order valence-electron chi connectivity index (χ1n) is 10.4. The van der Waals surface area contributed by atoms with Gasteiger partial charge in [0.1, 0.15) is 18.1 Å². The molecule has 2 aliphatic carbocycles. The van der Waals surface area contributed by atoms with Gasteiger partial charge in [0.15, 0.2) is 5.66 Å². The molecule has 1 aromatic carbocycles. The molecule has 3 heterocycles. The zero-order valence-corrected chi connectivity index (χ0v) is 17.1. The maximum absolute atomic E-state index is 13.5. The van der Waals surface area contributed by atoms with Crippen LogP contribution in [0.2, 0.25) is 0 Å². The summed E-state index contributed by atoms with van der Waals surface area (Å²) in [7, 11) is 0. The molecule has 9 nitrogen and oxygen atoms in total. The number of benzene rings is 1. The molecule has 1 aromatic heterocycles. The van der Waals surface area contributed by atoms with Crippen molar-refractivity contribution in [2.24, 2.45) is 11.3 Å². The molecule has 31 heavy (non-hydrogen) atoms. The van der Waals surface area contributed by atoms with E-state index in [1.807, 2.05) is 30.3 Å². The molecule has 0 radical (unpaired) electrons. The fourth-order valence-electron chi connectivity index (χ4n) is 6.52. The highest BCUT2D eigenvalue weighted by atomic mass is 16.6. The van der Waals surface area contributed by atoms with Gasteiger partial charge in [-0.25, -0.2) is 14.6 Å². The van der Waals surface area contributed by atoms with E-state index in [4.69, 9.17) is 4.74 Å². The van der Waals surface area contributed by atoms with Gasteiger partial charge in [-0.1, -0.05) is 44.2 Å². The monoisotopic (exact) mass is 422 g/mol. The van der Waals surface area contributed by atoms with Crippen LogP contribution in [-0.4, -0.2) is 61.2 Å². The van der Waals surface area contributed by atoms with E-state index < -0.39 is 40.6 Å². The van der Waals surface area contributed by atoms with Crippen molar-refractivity contribution < 1.29 is 24.2 Å². The number of nitrogens with zero attached hydrogens (tertiary/aromatic N) is 3. The number of piperidine rings is 1. The number of hydrogen-bond acceptors (Lipinski definition) is 5. The minimum absolute atomic E-state index is 0.154. The van der Waals surface area contributed by atoms with Gasteiger partial charge in [0.05, 0.1) is 17.8 Å². The number of aromatic amines is 1. The summed E-state index contributed by atoms with van der Waals surface area (Å²) in [4.78, 5) is 49.1. The van der Waals surface area contributed by atoms with E-state index in [9.17, 15) is 19.5 Å². The Hall–Kier alpha value is -3.36. The number of aliphatic carboxylic acids is 1. The third kappa shape index (κ3) is 1.70. The van der Waals surface area contributed by atoms with Crippen molar-refractivity contribution in [3.05, 3.63) is 54.1 Å². The van der Waals surface area contributed by atoms with Crippen molar-refractivity contribution in [2.45, 2.75) is 43.4 Å². The van der Waals surface area contributed by atoms with Crippen molar-refractivity contribution in [3.8, 4) is 0 Å². The van der Waals surface area contributed by atoms with Gasteiger partial charge in [-0.15, -0.1) is 0 Å². The molecule has 0 bridgehead atoms. The number of carboxylic acids is 1. The molecular weight excluding hydrogens is 400 g/mol. The van der Waals surface area contributed by atoms with E-state index in [1.54, 1.807) is 31.3 Å².